The molecule has 17 heavy (non-hydrogen) atoms. The lowest BCUT2D eigenvalue weighted by atomic mass is 10.4. The van der Waals surface area contributed by atoms with Crippen LogP contribution >= 0.6 is 22.7 Å². The highest BCUT2D eigenvalue weighted by molar-refractivity contribution is 7.15. The van der Waals surface area contributed by atoms with Crippen LogP contribution in [0, 0.1) is 0 Å². The van der Waals surface area contributed by atoms with Crippen LogP contribution in [0.25, 0.3) is 0 Å². The second kappa shape index (κ2) is 5.51. The number of nitrogen functional groups attached to an aromatic ring is 1. The monoisotopic (exact) mass is 267 g/mol. The number of nitrogens with one attached hydrogen (secondary N) is 1. The lowest BCUT2D eigenvalue weighted by Crippen LogP contribution is -2.19. The number of amides is 1. The molecule has 0 saturated heterocycles. The van der Waals surface area contributed by atoms with E-state index in [0.717, 1.165) is 4.88 Å². The van der Waals surface area contributed by atoms with E-state index in [1.54, 1.807) is 17.6 Å². The quantitative estimate of drug-likeness (QED) is 0.635. The third-order valence-electron chi connectivity index (χ3n) is 1.72. The van der Waals surface area contributed by atoms with Crippen molar-refractivity contribution in [2.75, 3.05) is 5.73 Å². The van der Waals surface area contributed by atoms with Gasteiger partial charge in [0.2, 0.25) is 11.0 Å². The molecule has 0 aliphatic heterocycles. The summed E-state index contributed by atoms with van der Waals surface area (Å²) in [4.78, 5) is 12.4. The number of nitrogens with two attached hydrogens (primary N) is 1. The molecule has 2 rings (SSSR count). The Hall–Kier alpha value is -1.80. The van der Waals surface area contributed by atoms with E-state index >= 15 is 0 Å². The van der Waals surface area contributed by atoms with Crippen LogP contribution < -0.4 is 11.2 Å². The second-order valence-corrected chi connectivity index (χ2v) is 5.09. The van der Waals surface area contributed by atoms with E-state index in [9.17, 15) is 4.79 Å². The zero-order valence-corrected chi connectivity index (χ0v) is 10.3. The first kappa shape index (κ1) is 11.7. The Morgan fingerprint density at radius 3 is 3.12 bits per heavy atom. The Morgan fingerprint density at radius 2 is 2.47 bits per heavy atom. The van der Waals surface area contributed by atoms with Crippen molar-refractivity contribution in [3.05, 3.63) is 27.4 Å². The fourth-order valence-corrected chi connectivity index (χ4v) is 2.24. The molecular formula is C9H9N5OS2. The van der Waals surface area contributed by atoms with E-state index < -0.39 is 0 Å². The summed E-state index contributed by atoms with van der Waals surface area (Å²) < 4.78 is 0. The molecule has 1 amide bonds. The Kier molecular flexibility index (Phi) is 3.78. The van der Waals surface area contributed by atoms with Gasteiger partial charge in [0.05, 0.1) is 12.6 Å². The largest absolute Gasteiger partial charge is 0.374 e. The van der Waals surface area contributed by atoms with Gasteiger partial charge in [-0.15, -0.1) is 21.5 Å². The molecule has 0 radical (unpaired) electrons. The highest BCUT2D eigenvalue weighted by atomic mass is 32.1. The van der Waals surface area contributed by atoms with Crippen molar-refractivity contribution in [2.24, 2.45) is 5.10 Å². The van der Waals surface area contributed by atoms with Crippen molar-refractivity contribution < 1.29 is 4.79 Å². The van der Waals surface area contributed by atoms with Crippen molar-refractivity contribution in [3.63, 3.8) is 0 Å². The van der Waals surface area contributed by atoms with Gasteiger partial charge in [0.25, 0.3) is 0 Å². The summed E-state index contributed by atoms with van der Waals surface area (Å²) in [6.07, 6.45) is 1.73. The van der Waals surface area contributed by atoms with Gasteiger partial charge in [-0.3, -0.25) is 4.79 Å². The third-order valence-corrected chi connectivity index (χ3v) is 3.28. The predicted octanol–water partition coefficient (Wildman–Crippen LogP) is 0.875. The molecule has 0 fully saturated rings. The Labute approximate surface area is 105 Å². The van der Waals surface area contributed by atoms with Crippen molar-refractivity contribution in [3.8, 4) is 0 Å². The summed E-state index contributed by atoms with van der Waals surface area (Å²) >= 11 is 2.74. The zero-order chi connectivity index (χ0) is 12.1. The molecule has 0 aromatic carbocycles. The lowest BCUT2D eigenvalue weighted by molar-refractivity contribution is -0.120. The number of hydrazone groups is 1. The predicted molar refractivity (Wildman–Crippen MR) is 68.1 cm³/mol. The first-order valence-corrected chi connectivity index (χ1v) is 6.37. The molecule has 6 nitrogen and oxygen atoms in total. The topological polar surface area (TPSA) is 93.3 Å². The molecule has 0 unspecified atom stereocenters. The van der Waals surface area contributed by atoms with E-state index in [-0.39, 0.29) is 12.3 Å². The van der Waals surface area contributed by atoms with Gasteiger partial charge in [-0.25, -0.2) is 5.43 Å². The van der Waals surface area contributed by atoms with E-state index in [1.165, 1.54) is 11.3 Å². The summed E-state index contributed by atoms with van der Waals surface area (Å²) in [5, 5.41) is 14.1. The summed E-state index contributed by atoms with van der Waals surface area (Å²) in [7, 11) is 0. The minimum atomic E-state index is -0.242. The minimum Gasteiger partial charge on any atom is -0.374 e. The van der Waals surface area contributed by atoms with Crippen molar-refractivity contribution in [1.82, 2.24) is 15.6 Å². The SMILES string of the molecule is Nc1nnc(CC(=O)NN=Cc2cccs2)s1. The molecule has 0 aliphatic carbocycles. The number of hydrogen-bond donors (Lipinski definition) is 2. The number of thiophene rings is 1. The van der Waals surface area contributed by atoms with Gasteiger partial charge in [-0.2, -0.15) is 5.10 Å². The van der Waals surface area contributed by atoms with Crippen LogP contribution in [-0.4, -0.2) is 22.3 Å². The molecule has 0 bridgehead atoms. The molecule has 2 heterocycles. The first-order chi connectivity index (χ1) is 8.24. The summed E-state index contributed by atoms with van der Waals surface area (Å²) in [6.45, 7) is 0. The Bertz CT molecular complexity index is 519. The average molecular weight is 267 g/mol. The fourth-order valence-electron chi connectivity index (χ4n) is 1.05. The van der Waals surface area contributed by atoms with Crippen LogP contribution in [-0.2, 0) is 11.2 Å². The molecule has 2 aromatic rings. The molecule has 8 heteroatoms. The van der Waals surface area contributed by atoms with E-state index in [2.05, 4.69) is 20.7 Å². The van der Waals surface area contributed by atoms with Crippen molar-refractivity contribution in [2.45, 2.75) is 6.42 Å². The number of rotatable bonds is 4. The smallest absolute Gasteiger partial charge is 0.247 e. The van der Waals surface area contributed by atoms with E-state index in [4.69, 9.17) is 5.73 Å². The number of carbonyl (C=O) groups excluding carboxylic acids is 1. The third kappa shape index (κ3) is 3.61. The maximum absolute atomic E-state index is 11.4. The number of nitrogens with zero attached hydrogens (tertiary/aromatic N) is 3. The Balaban J connectivity index is 1.82. The van der Waals surface area contributed by atoms with Gasteiger partial charge in [0.1, 0.15) is 5.01 Å². The fraction of sp³-hybridized carbons (Fsp3) is 0.111. The molecular weight excluding hydrogens is 258 g/mol. The van der Waals surface area contributed by atoms with Crippen LogP contribution in [0.2, 0.25) is 0 Å². The molecule has 0 saturated carbocycles. The maximum atomic E-state index is 11.4. The molecule has 0 aliphatic rings. The normalized spacial score (nSPS) is 10.8. The number of hydrogen-bond acceptors (Lipinski definition) is 7. The van der Waals surface area contributed by atoms with Crippen molar-refractivity contribution >= 4 is 39.9 Å². The molecule has 0 spiro atoms. The number of anilines is 1. The van der Waals surface area contributed by atoms with Crippen LogP contribution in [0.5, 0.6) is 0 Å². The molecule has 3 N–H and O–H groups in total. The van der Waals surface area contributed by atoms with Crippen LogP contribution in [0.4, 0.5) is 5.13 Å². The molecule has 2 aromatic heterocycles. The highest BCUT2D eigenvalue weighted by Gasteiger charge is 2.06. The second-order valence-electron chi connectivity index (χ2n) is 3.02. The van der Waals surface area contributed by atoms with Crippen LogP contribution in [0.15, 0.2) is 22.6 Å². The minimum absolute atomic E-state index is 0.136. The summed E-state index contributed by atoms with van der Waals surface area (Å²) in [5.41, 5.74) is 7.82. The lowest BCUT2D eigenvalue weighted by Gasteiger charge is -1.94. The summed E-state index contributed by atoms with van der Waals surface area (Å²) in [5.74, 6) is -0.242. The highest BCUT2D eigenvalue weighted by Crippen LogP contribution is 2.11. The summed E-state index contributed by atoms with van der Waals surface area (Å²) in [6, 6.07) is 3.82. The zero-order valence-electron chi connectivity index (χ0n) is 8.66. The van der Waals surface area contributed by atoms with Crippen molar-refractivity contribution in [1.29, 1.82) is 0 Å². The first-order valence-electron chi connectivity index (χ1n) is 4.67. The van der Waals surface area contributed by atoms with Gasteiger partial charge in [0.15, 0.2) is 0 Å². The number of aromatic nitrogens is 2. The standard InChI is InChI=1S/C9H9N5OS2/c10-9-14-13-8(17-9)4-7(15)12-11-5-6-2-1-3-16-6/h1-3,5H,4H2,(H2,10,14)(H,12,15). The Morgan fingerprint density at radius 1 is 1.59 bits per heavy atom. The molecule has 0 atom stereocenters. The van der Waals surface area contributed by atoms with E-state index in [0.29, 0.717) is 10.1 Å². The average Bonchev–Trinajstić information content (AvgIpc) is 2.90. The van der Waals surface area contributed by atoms with Gasteiger partial charge in [0, 0.05) is 4.88 Å². The van der Waals surface area contributed by atoms with Gasteiger partial charge in [-0.1, -0.05) is 17.4 Å². The number of carbonyl (C=O) groups is 1. The van der Waals surface area contributed by atoms with Gasteiger partial charge < -0.3 is 5.73 Å². The van der Waals surface area contributed by atoms with Crippen LogP contribution in [0.1, 0.15) is 9.88 Å². The van der Waals surface area contributed by atoms with E-state index in [1.807, 2.05) is 17.5 Å². The van der Waals surface area contributed by atoms with Crippen LogP contribution in [0.3, 0.4) is 0 Å². The van der Waals surface area contributed by atoms with Gasteiger partial charge in [-0.05, 0) is 11.4 Å². The maximum Gasteiger partial charge on any atom is 0.247 e. The molecule has 88 valence electrons. The van der Waals surface area contributed by atoms with Gasteiger partial charge >= 0.3 is 0 Å².